The Morgan fingerprint density at radius 2 is 1.56 bits per heavy atom. The normalized spacial score (nSPS) is 13.0. The van der Waals surface area contributed by atoms with Crippen molar-refractivity contribution in [3.63, 3.8) is 0 Å². The summed E-state index contributed by atoms with van der Waals surface area (Å²) in [6, 6.07) is 10.7. The average Bonchev–Trinajstić information content (AvgIpc) is 2.81. The molecule has 0 aliphatic rings. The van der Waals surface area contributed by atoms with E-state index < -0.39 is 0 Å². The van der Waals surface area contributed by atoms with Crippen molar-refractivity contribution in [1.29, 1.82) is 0 Å². The summed E-state index contributed by atoms with van der Waals surface area (Å²) >= 11 is 3.67. The standard InChI is InChI=1S/C14H15BrO/c1-10(2)11-3-5-12(6-4-11)14(15)13-7-8-16-9-13/h3-10,14H,1-2H3. The maximum atomic E-state index is 5.09. The van der Waals surface area contributed by atoms with E-state index in [1.165, 1.54) is 11.1 Å². The lowest BCUT2D eigenvalue weighted by atomic mass is 10.00. The lowest BCUT2D eigenvalue weighted by Gasteiger charge is -2.10. The fraction of sp³-hybridized carbons (Fsp3) is 0.286. The van der Waals surface area contributed by atoms with Gasteiger partial charge in [-0.05, 0) is 23.1 Å². The summed E-state index contributed by atoms with van der Waals surface area (Å²) in [6.45, 7) is 4.41. The third-order valence-electron chi connectivity index (χ3n) is 2.73. The summed E-state index contributed by atoms with van der Waals surface area (Å²) in [5, 5.41) is 0. The van der Waals surface area contributed by atoms with Gasteiger partial charge >= 0.3 is 0 Å². The third-order valence-corrected chi connectivity index (χ3v) is 3.79. The molecule has 1 aromatic carbocycles. The van der Waals surface area contributed by atoms with Crippen molar-refractivity contribution in [3.8, 4) is 0 Å². The Morgan fingerprint density at radius 3 is 2.06 bits per heavy atom. The zero-order valence-corrected chi connectivity index (χ0v) is 11.1. The fourth-order valence-corrected chi connectivity index (χ4v) is 2.23. The smallest absolute Gasteiger partial charge is 0.0949 e. The molecule has 0 amide bonds. The van der Waals surface area contributed by atoms with Gasteiger partial charge in [0.25, 0.3) is 0 Å². The van der Waals surface area contributed by atoms with E-state index in [4.69, 9.17) is 4.42 Å². The molecule has 0 radical (unpaired) electrons. The second-order valence-electron chi connectivity index (χ2n) is 4.24. The Morgan fingerprint density at radius 1 is 0.938 bits per heavy atom. The minimum Gasteiger partial charge on any atom is -0.472 e. The van der Waals surface area contributed by atoms with E-state index in [-0.39, 0.29) is 4.83 Å². The molecule has 2 rings (SSSR count). The van der Waals surface area contributed by atoms with E-state index in [1.54, 1.807) is 12.5 Å². The molecule has 0 aliphatic carbocycles. The van der Waals surface area contributed by atoms with Crippen molar-refractivity contribution in [3.05, 3.63) is 59.5 Å². The number of hydrogen-bond acceptors (Lipinski definition) is 1. The number of alkyl halides is 1. The van der Waals surface area contributed by atoms with Crippen LogP contribution in [0, 0.1) is 0 Å². The number of halogens is 1. The number of rotatable bonds is 3. The van der Waals surface area contributed by atoms with Crippen LogP contribution in [0.3, 0.4) is 0 Å². The Labute approximate surface area is 105 Å². The van der Waals surface area contributed by atoms with Gasteiger partial charge in [0, 0.05) is 5.56 Å². The Balaban J connectivity index is 2.22. The number of furan rings is 1. The zero-order valence-electron chi connectivity index (χ0n) is 9.48. The van der Waals surface area contributed by atoms with Crippen molar-refractivity contribution in [2.45, 2.75) is 24.6 Å². The highest BCUT2D eigenvalue weighted by molar-refractivity contribution is 9.09. The molecule has 2 heteroatoms. The Kier molecular flexibility index (Phi) is 3.49. The molecule has 0 saturated carbocycles. The number of hydrogen-bond donors (Lipinski definition) is 0. The zero-order chi connectivity index (χ0) is 11.5. The van der Waals surface area contributed by atoms with Crippen molar-refractivity contribution >= 4 is 15.9 Å². The largest absolute Gasteiger partial charge is 0.472 e. The molecule has 0 N–H and O–H groups in total. The van der Waals surface area contributed by atoms with Crippen molar-refractivity contribution < 1.29 is 4.42 Å². The monoisotopic (exact) mass is 278 g/mol. The van der Waals surface area contributed by atoms with Crippen LogP contribution in [0.4, 0.5) is 0 Å². The molecule has 0 fully saturated rings. The molecule has 1 atom stereocenters. The highest BCUT2D eigenvalue weighted by Crippen LogP contribution is 2.31. The van der Waals surface area contributed by atoms with E-state index in [2.05, 4.69) is 54.0 Å². The molecule has 0 aliphatic heterocycles. The summed E-state index contributed by atoms with van der Waals surface area (Å²) in [7, 11) is 0. The van der Waals surface area contributed by atoms with E-state index >= 15 is 0 Å². The second-order valence-corrected chi connectivity index (χ2v) is 5.16. The molecule has 1 heterocycles. The molecule has 1 nitrogen and oxygen atoms in total. The molecule has 84 valence electrons. The fourth-order valence-electron chi connectivity index (χ4n) is 1.66. The summed E-state index contributed by atoms with van der Waals surface area (Å²) in [5.41, 5.74) is 3.78. The van der Waals surface area contributed by atoms with E-state index in [0.717, 1.165) is 5.56 Å². The first-order valence-corrected chi connectivity index (χ1v) is 6.36. The van der Waals surface area contributed by atoms with Gasteiger partial charge in [-0.2, -0.15) is 0 Å². The summed E-state index contributed by atoms with van der Waals surface area (Å²) in [6.07, 6.45) is 3.47. The lowest BCUT2D eigenvalue weighted by molar-refractivity contribution is 0.564. The first-order chi connectivity index (χ1) is 7.68. The molecule has 0 spiro atoms. The molecule has 2 aromatic rings. The minimum absolute atomic E-state index is 0.215. The van der Waals surface area contributed by atoms with Crippen LogP contribution in [0.5, 0.6) is 0 Å². The van der Waals surface area contributed by atoms with E-state index in [1.807, 2.05) is 6.07 Å². The highest BCUT2D eigenvalue weighted by atomic mass is 79.9. The van der Waals surface area contributed by atoms with Gasteiger partial charge in [0.05, 0.1) is 17.4 Å². The molecule has 1 aromatic heterocycles. The maximum Gasteiger partial charge on any atom is 0.0949 e. The topological polar surface area (TPSA) is 13.1 Å². The summed E-state index contributed by atoms with van der Waals surface area (Å²) in [4.78, 5) is 0.215. The van der Waals surface area contributed by atoms with Crippen molar-refractivity contribution in [1.82, 2.24) is 0 Å². The lowest BCUT2D eigenvalue weighted by Crippen LogP contribution is -1.92. The van der Waals surface area contributed by atoms with Gasteiger partial charge in [-0.15, -0.1) is 0 Å². The molecular weight excluding hydrogens is 264 g/mol. The van der Waals surface area contributed by atoms with Gasteiger partial charge in [-0.25, -0.2) is 0 Å². The van der Waals surface area contributed by atoms with Crippen LogP contribution in [-0.4, -0.2) is 0 Å². The van der Waals surface area contributed by atoms with Gasteiger partial charge in [-0.3, -0.25) is 0 Å². The summed E-state index contributed by atoms with van der Waals surface area (Å²) < 4.78 is 5.09. The van der Waals surface area contributed by atoms with Crippen LogP contribution in [0.25, 0.3) is 0 Å². The minimum atomic E-state index is 0.215. The quantitative estimate of drug-likeness (QED) is 0.729. The molecule has 1 unspecified atom stereocenters. The predicted molar refractivity (Wildman–Crippen MR) is 70.0 cm³/mol. The highest BCUT2D eigenvalue weighted by Gasteiger charge is 2.11. The predicted octanol–water partition coefficient (Wildman–Crippen LogP) is 4.89. The van der Waals surface area contributed by atoms with Crippen LogP contribution in [0.15, 0.2) is 47.3 Å². The van der Waals surface area contributed by atoms with E-state index in [9.17, 15) is 0 Å². The van der Waals surface area contributed by atoms with Gasteiger partial charge in [0.15, 0.2) is 0 Å². The first kappa shape index (κ1) is 11.5. The van der Waals surface area contributed by atoms with Gasteiger partial charge in [-0.1, -0.05) is 54.0 Å². The first-order valence-electron chi connectivity index (χ1n) is 5.44. The molecular formula is C14H15BrO. The molecule has 0 bridgehead atoms. The maximum absolute atomic E-state index is 5.09. The van der Waals surface area contributed by atoms with Crippen LogP contribution >= 0.6 is 15.9 Å². The summed E-state index contributed by atoms with van der Waals surface area (Å²) in [5.74, 6) is 0.580. The SMILES string of the molecule is CC(C)c1ccc(C(Br)c2ccoc2)cc1. The van der Waals surface area contributed by atoms with Gasteiger partial charge < -0.3 is 4.42 Å². The van der Waals surface area contributed by atoms with Crippen molar-refractivity contribution in [2.75, 3.05) is 0 Å². The molecule has 0 saturated heterocycles. The van der Waals surface area contributed by atoms with Crippen LogP contribution in [0.2, 0.25) is 0 Å². The number of benzene rings is 1. The van der Waals surface area contributed by atoms with E-state index in [0.29, 0.717) is 5.92 Å². The van der Waals surface area contributed by atoms with Crippen LogP contribution < -0.4 is 0 Å². The Bertz CT molecular complexity index is 428. The van der Waals surface area contributed by atoms with Crippen LogP contribution in [-0.2, 0) is 0 Å². The van der Waals surface area contributed by atoms with Gasteiger partial charge in [0.2, 0.25) is 0 Å². The third kappa shape index (κ3) is 2.38. The second kappa shape index (κ2) is 4.88. The Hall–Kier alpha value is -1.02. The van der Waals surface area contributed by atoms with Gasteiger partial charge in [0.1, 0.15) is 0 Å². The van der Waals surface area contributed by atoms with Crippen LogP contribution in [0.1, 0.15) is 41.3 Å². The molecule has 16 heavy (non-hydrogen) atoms. The average molecular weight is 279 g/mol. The van der Waals surface area contributed by atoms with Crippen molar-refractivity contribution in [2.24, 2.45) is 0 Å².